The SMILES string of the molecule is C=CCCOCCNC(=O)NCC1CCCCC1C(=O)O. The second-order valence-electron chi connectivity index (χ2n) is 5.32. The van der Waals surface area contributed by atoms with Crippen molar-refractivity contribution >= 4 is 12.0 Å². The first-order valence-electron chi connectivity index (χ1n) is 7.58. The predicted molar refractivity (Wildman–Crippen MR) is 80.1 cm³/mol. The van der Waals surface area contributed by atoms with Crippen molar-refractivity contribution in [2.24, 2.45) is 11.8 Å². The molecule has 1 aliphatic rings. The van der Waals surface area contributed by atoms with Crippen molar-refractivity contribution in [1.82, 2.24) is 10.6 Å². The van der Waals surface area contributed by atoms with Crippen LogP contribution in [0.4, 0.5) is 4.79 Å². The first-order chi connectivity index (χ1) is 10.1. The van der Waals surface area contributed by atoms with E-state index in [1.54, 1.807) is 6.08 Å². The lowest BCUT2D eigenvalue weighted by Gasteiger charge is -2.28. The third-order valence-corrected chi connectivity index (χ3v) is 3.75. The van der Waals surface area contributed by atoms with E-state index in [4.69, 9.17) is 9.84 Å². The third kappa shape index (κ3) is 7.13. The first kappa shape index (κ1) is 17.5. The highest BCUT2D eigenvalue weighted by atomic mass is 16.5. The largest absolute Gasteiger partial charge is 0.481 e. The van der Waals surface area contributed by atoms with Gasteiger partial charge in [-0.1, -0.05) is 18.9 Å². The highest BCUT2D eigenvalue weighted by Gasteiger charge is 2.30. The van der Waals surface area contributed by atoms with Crippen molar-refractivity contribution in [3.63, 3.8) is 0 Å². The summed E-state index contributed by atoms with van der Waals surface area (Å²) in [5, 5.41) is 14.6. The van der Waals surface area contributed by atoms with Gasteiger partial charge in [0.1, 0.15) is 0 Å². The summed E-state index contributed by atoms with van der Waals surface area (Å²) in [6, 6.07) is -0.267. The molecule has 6 nitrogen and oxygen atoms in total. The quantitative estimate of drug-likeness (QED) is 0.447. The van der Waals surface area contributed by atoms with Crippen molar-refractivity contribution in [3.8, 4) is 0 Å². The van der Waals surface area contributed by atoms with E-state index in [2.05, 4.69) is 17.2 Å². The number of carbonyl (C=O) groups excluding carboxylic acids is 1. The smallest absolute Gasteiger partial charge is 0.314 e. The third-order valence-electron chi connectivity index (χ3n) is 3.75. The monoisotopic (exact) mass is 298 g/mol. The Morgan fingerprint density at radius 1 is 1.24 bits per heavy atom. The second-order valence-corrected chi connectivity index (χ2v) is 5.32. The maximum atomic E-state index is 11.6. The number of hydrogen-bond donors (Lipinski definition) is 3. The van der Waals surface area contributed by atoms with Crippen LogP contribution in [0.5, 0.6) is 0 Å². The average Bonchev–Trinajstić information content (AvgIpc) is 2.49. The Morgan fingerprint density at radius 3 is 2.71 bits per heavy atom. The maximum absolute atomic E-state index is 11.6. The van der Waals surface area contributed by atoms with Crippen LogP contribution in [0.3, 0.4) is 0 Å². The molecule has 0 heterocycles. The lowest BCUT2D eigenvalue weighted by atomic mass is 9.79. The molecule has 0 bridgehead atoms. The molecule has 3 N–H and O–H groups in total. The minimum absolute atomic E-state index is 0.0332. The van der Waals surface area contributed by atoms with Gasteiger partial charge in [-0.25, -0.2) is 4.79 Å². The second kappa shape index (κ2) is 10.2. The molecule has 21 heavy (non-hydrogen) atoms. The summed E-state index contributed by atoms with van der Waals surface area (Å²) >= 11 is 0. The van der Waals surface area contributed by atoms with E-state index in [1.165, 1.54) is 0 Å². The van der Waals surface area contributed by atoms with Crippen LogP contribution in [0.25, 0.3) is 0 Å². The highest BCUT2D eigenvalue weighted by Crippen LogP contribution is 2.29. The van der Waals surface area contributed by atoms with Crippen molar-refractivity contribution < 1.29 is 19.4 Å². The summed E-state index contributed by atoms with van der Waals surface area (Å²) in [6.45, 7) is 5.52. The summed E-state index contributed by atoms with van der Waals surface area (Å²) in [5.41, 5.74) is 0. The van der Waals surface area contributed by atoms with Gasteiger partial charge in [0.15, 0.2) is 0 Å². The van der Waals surface area contributed by atoms with E-state index >= 15 is 0 Å². The van der Waals surface area contributed by atoms with Gasteiger partial charge in [-0.3, -0.25) is 4.79 Å². The number of ether oxygens (including phenoxy) is 1. The van der Waals surface area contributed by atoms with Gasteiger partial charge in [0.05, 0.1) is 19.1 Å². The number of carboxylic acids is 1. The highest BCUT2D eigenvalue weighted by molar-refractivity contribution is 5.74. The van der Waals surface area contributed by atoms with Gasteiger partial charge in [0.2, 0.25) is 0 Å². The van der Waals surface area contributed by atoms with Gasteiger partial charge in [0, 0.05) is 13.1 Å². The lowest BCUT2D eigenvalue weighted by molar-refractivity contribution is -0.144. The molecule has 1 fully saturated rings. The molecule has 0 aromatic rings. The molecule has 2 unspecified atom stereocenters. The molecule has 1 saturated carbocycles. The minimum atomic E-state index is -0.752. The zero-order valence-electron chi connectivity index (χ0n) is 12.5. The van der Waals surface area contributed by atoms with Crippen LogP contribution in [0.1, 0.15) is 32.1 Å². The number of carbonyl (C=O) groups is 2. The van der Waals surface area contributed by atoms with E-state index in [1.807, 2.05) is 0 Å². The van der Waals surface area contributed by atoms with Crippen molar-refractivity contribution in [1.29, 1.82) is 0 Å². The molecule has 0 radical (unpaired) electrons. The molecule has 2 atom stereocenters. The molecule has 2 amide bonds. The first-order valence-corrected chi connectivity index (χ1v) is 7.58. The van der Waals surface area contributed by atoms with Crippen LogP contribution in [-0.2, 0) is 9.53 Å². The molecular weight excluding hydrogens is 272 g/mol. The maximum Gasteiger partial charge on any atom is 0.314 e. The normalized spacial score (nSPS) is 21.5. The Kier molecular flexibility index (Phi) is 8.50. The Bertz CT molecular complexity index is 347. The van der Waals surface area contributed by atoms with E-state index < -0.39 is 5.97 Å². The van der Waals surface area contributed by atoms with Gasteiger partial charge in [0.25, 0.3) is 0 Å². The fraction of sp³-hybridized carbons (Fsp3) is 0.733. The molecule has 0 aromatic heterocycles. The van der Waals surface area contributed by atoms with Crippen LogP contribution < -0.4 is 10.6 Å². The molecule has 0 spiro atoms. The van der Waals surface area contributed by atoms with Gasteiger partial charge in [-0.15, -0.1) is 6.58 Å². The van der Waals surface area contributed by atoms with E-state index in [9.17, 15) is 9.59 Å². The zero-order chi connectivity index (χ0) is 15.5. The van der Waals surface area contributed by atoms with Gasteiger partial charge >= 0.3 is 12.0 Å². The van der Waals surface area contributed by atoms with Crippen LogP contribution in [0.2, 0.25) is 0 Å². The minimum Gasteiger partial charge on any atom is -0.481 e. The number of amides is 2. The van der Waals surface area contributed by atoms with E-state index in [0.29, 0.717) is 32.7 Å². The Morgan fingerprint density at radius 2 is 2.00 bits per heavy atom. The number of aliphatic carboxylic acids is 1. The number of rotatable bonds is 9. The standard InChI is InChI=1S/C15H26N2O4/c1-2-3-9-21-10-8-16-15(20)17-11-12-6-4-5-7-13(12)14(18)19/h2,12-13H,1,3-11H2,(H,18,19)(H2,16,17,20). The van der Waals surface area contributed by atoms with Crippen molar-refractivity contribution in [2.45, 2.75) is 32.1 Å². The number of nitrogens with one attached hydrogen (secondary N) is 2. The Hall–Kier alpha value is -1.56. The fourth-order valence-electron chi connectivity index (χ4n) is 2.57. The summed E-state index contributed by atoms with van der Waals surface area (Å²) in [4.78, 5) is 22.8. The molecule has 0 aliphatic heterocycles. The molecule has 1 aliphatic carbocycles. The van der Waals surface area contributed by atoms with Crippen LogP contribution in [0, 0.1) is 11.8 Å². The summed E-state index contributed by atoms with van der Waals surface area (Å²) in [7, 11) is 0. The summed E-state index contributed by atoms with van der Waals surface area (Å²) in [5.74, 6) is -1.05. The van der Waals surface area contributed by atoms with Gasteiger partial charge in [-0.05, 0) is 25.2 Å². The van der Waals surface area contributed by atoms with Crippen LogP contribution in [-0.4, -0.2) is 43.4 Å². The predicted octanol–water partition coefficient (Wildman–Crippen LogP) is 1.77. The zero-order valence-corrected chi connectivity index (χ0v) is 12.5. The molecule has 1 rings (SSSR count). The summed E-state index contributed by atoms with van der Waals surface area (Å²) in [6.07, 6.45) is 6.15. The number of carboxylic acid groups (broad SMARTS) is 1. The number of hydrogen-bond acceptors (Lipinski definition) is 3. The van der Waals surface area contributed by atoms with Gasteiger partial charge < -0.3 is 20.5 Å². The fourth-order valence-corrected chi connectivity index (χ4v) is 2.57. The van der Waals surface area contributed by atoms with Crippen molar-refractivity contribution in [2.75, 3.05) is 26.3 Å². The van der Waals surface area contributed by atoms with Crippen LogP contribution in [0.15, 0.2) is 12.7 Å². The van der Waals surface area contributed by atoms with Gasteiger partial charge in [-0.2, -0.15) is 0 Å². The number of urea groups is 1. The molecule has 0 saturated heterocycles. The van der Waals surface area contributed by atoms with E-state index in [-0.39, 0.29) is 17.9 Å². The Balaban J connectivity index is 2.13. The van der Waals surface area contributed by atoms with Crippen molar-refractivity contribution in [3.05, 3.63) is 12.7 Å². The van der Waals surface area contributed by atoms with E-state index in [0.717, 1.165) is 25.7 Å². The average molecular weight is 298 g/mol. The molecule has 0 aromatic carbocycles. The molecule has 6 heteroatoms. The molecule has 120 valence electrons. The topological polar surface area (TPSA) is 87.7 Å². The molecular formula is C15H26N2O4. The Labute approximate surface area is 125 Å². The van der Waals surface area contributed by atoms with Crippen LogP contribution >= 0.6 is 0 Å². The summed E-state index contributed by atoms with van der Waals surface area (Å²) < 4.78 is 5.28. The lowest BCUT2D eigenvalue weighted by Crippen LogP contribution is -2.42.